The van der Waals surface area contributed by atoms with Gasteiger partial charge in [0, 0.05) is 25.5 Å². The van der Waals surface area contributed by atoms with E-state index in [-0.39, 0.29) is 77.2 Å². The van der Waals surface area contributed by atoms with Crippen molar-refractivity contribution >= 4 is 66.3 Å². The number of hydrogen-bond donors (Lipinski definition) is 5. The molecule has 2 aromatic carbocycles. The third kappa shape index (κ3) is 21.0. The molecule has 4 atom stereocenters. The van der Waals surface area contributed by atoms with Crippen LogP contribution >= 0.6 is 48.7 Å². The van der Waals surface area contributed by atoms with Crippen LogP contribution in [0.5, 0.6) is 5.75 Å². The monoisotopic (exact) mass is 796 g/mol. The summed E-state index contributed by atoms with van der Waals surface area (Å²) in [6.07, 6.45) is 4.34. The third-order valence-electron chi connectivity index (χ3n) is 6.12. The van der Waals surface area contributed by atoms with Crippen LogP contribution in [-0.4, -0.2) is 83.3 Å². The summed E-state index contributed by atoms with van der Waals surface area (Å²) in [6, 6.07) is 15.0. The van der Waals surface area contributed by atoms with E-state index in [1.54, 1.807) is 36.5 Å². The maximum absolute atomic E-state index is 11.3. The molecule has 0 bridgehead atoms. The Labute approximate surface area is 346 Å². The molecule has 0 aliphatic carbocycles. The van der Waals surface area contributed by atoms with E-state index in [1.807, 2.05) is 43.3 Å². The first-order valence-corrected chi connectivity index (χ1v) is 19.2. The molecule has 0 aromatic heterocycles. The van der Waals surface area contributed by atoms with Gasteiger partial charge in [-0.05, 0) is 67.4 Å². The quantitative estimate of drug-likeness (QED) is 0.0144. The molecule has 0 radical (unpaired) electrons. The summed E-state index contributed by atoms with van der Waals surface area (Å²) in [7, 11) is -6.22. The first kappa shape index (κ1) is 49.3. The second-order valence-electron chi connectivity index (χ2n) is 10.0. The molecule has 0 saturated carbocycles. The number of thiocarbonyl (C=S) groups is 1. The first-order valence-electron chi connectivity index (χ1n) is 14.6. The summed E-state index contributed by atoms with van der Waals surface area (Å²) in [5, 5.41) is 18.9. The molecule has 0 amide bonds. The zero-order valence-electron chi connectivity index (χ0n) is 28.2. The minimum Gasteiger partial charge on any atom is -0.829 e. The number of nitrogens with zero attached hydrogens (tertiary/aromatic N) is 3. The molecule has 0 heterocycles. The van der Waals surface area contributed by atoms with Crippen molar-refractivity contribution in [1.29, 1.82) is 0 Å². The summed E-state index contributed by atoms with van der Waals surface area (Å²) in [5.41, 5.74) is 8.04. The molecule has 0 aliphatic rings. The van der Waals surface area contributed by atoms with Crippen molar-refractivity contribution in [3.05, 3.63) is 65.2 Å². The predicted octanol–water partition coefficient (Wildman–Crippen LogP) is -3.24. The molecule has 0 saturated heterocycles. The number of aliphatic hydroxyl groups is 1. The van der Waals surface area contributed by atoms with Gasteiger partial charge in [0.2, 0.25) is 5.11 Å². The number of hydrazone groups is 2. The zero-order chi connectivity index (χ0) is 34.5. The van der Waals surface area contributed by atoms with Crippen LogP contribution in [0.4, 0.5) is 0 Å². The molecule has 49 heavy (non-hydrogen) atoms. The van der Waals surface area contributed by atoms with Crippen LogP contribution in [0.25, 0.3) is 0 Å². The molecule has 262 valence electrons. The van der Waals surface area contributed by atoms with Crippen LogP contribution in [0, 0.1) is 0 Å². The topological polar surface area (TPSA) is 195 Å². The molecule has 0 aliphatic heterocycles. The average Bonchev–Trinajstić information content (AvgIpc) is 3.05. The summed E-state index contributed by atoms with van der Waals surface area (Å²) in [5.74, 6) is 1.11. The normalized spacial score (nSPS) is 14.7. The summed E-state index contributed by atoms with van der Waals surface area (Å²) < 4.78 is 28.6. The Morgan fingerprint density at radius 3 is 2.41 bits per heavy atom. The smallest absolute Gasteiger partial charge is 0.829 e. The van der Waals surface area contributed by atoms with Crippen molar-refractivity contribution in [3.63, 3.8) is 0 Å². The molecule has 21 heteroatoms. The van der Waals surface area contributed by atoms with Crippen LogP contribution in [0.15, 0.2) is 58.7 Å². The SMILES string of the molecule is CCCOP(NCCCl)OCc1ccc(/C=N/NC(=S)N/N=C/c2cccc(OCCCN(C)CCC(O)(P[O-])P(=O)([O-])O)c2)cc1.[Na+].[Na+]. The van der Waals surface area contributed by atoms with Gasteiger partial charge in [-0.2, -0.15) is 19.0 Å². The van der Waals surface area contributed by atoms with Crippen molar-refractivity contribution in [2.45, 2.75) is 37.9 Å². The van der Waals surface area contributed by atoms with Crippen molar-refractivity contribution in [1.82, 2.24) is 20.8 Å². The fourth-order valence-electron chi connectivity index (χ4n) is 3.54. The van der Waals surface area contributed by atoms with Gasteiger partial charge in [0.15, 0.2) is 7.60 Å². The molecule has 4 unspecified atom stereocenters. The molecule has 0 fully saturated rings. The van der Waals surface area contributed by atoms with E-state index in [4.69, 9.17) is 42.5 Å². The number of rotatable bonds is 23. The molecule has 14 nitrogen and oxygen atoms in total. The molecule has 0 spiro atoms. The van der Waals surface area contributed by atoms with E-state index < -0.39 is 30.0 Å². The fraction of sp³-hybridized carbons (Fsp3) is 0.464. The Bertz CT molecular complexity index is 1320. The Hall–Kier alpha value is 0.330. The van der Waals surface area contributed by atoms with E-state index >= 15 is 0 Å². The van der Waals surface area contributed by atoms with Crippen LogP contribution in [0.2, 0.25) is 0 Å². The Balaban J connectivity index is 0.0000115. The minimum atomic E-state index is -5.15. The molecule has 2 aromatic rings. The largest absolute Gasteiger partial charge is 1.00 e. The van der Waals surface area contributed by atoms with Gasteiger partial charge in [-0.3, -0.25) is 10.9 Å². The Morgan fingerprint density at radius 2 is 1.80 bits per heavy atom. The van der Waals surface area contributed by atoms with E-state index in [9.17, 15) is 19.5 Å². The molecule has 2 rings (SSSR count). The van der Waals surface area contributed by atoms with Crippen molar-refractivity contribution < 1.29 is 97.3 Å². The molecular weight excluding hydrogens is 755 g/mol. The van der Waals surface area contributed by atoms with Gasteiger partial charge < -0.3 is 43.0 Å². The number of alkyl halides is 1. The maximum Gasteiger partial charge on any atom is 1.00 e. The van der Waals surface area contributed by atoms with E-state index in [2.05, 4.69) is 26.1 Å². The number of ether oxygens (including phenoxy) is 1. The van der Waals surface area contributed by atoms with Crippen molar-refractivity contribution in [2.75, 3.05) is 45.8 Å². The van der Waals surface area contributed by atoms with Crippen molar-refractivity contribution in [3.8, 4) is 5.75 Å². The van der Waals surface area contributed by atoms with Gasteiger partial charge in [-0.25, -0.2) is 5.09 Å². The minimum absolute atomic E-state index is 0. The first-order chi connectivity index (χ1) is 22.5. The maximum atomic E-state index is 11.3. The van der Waals surface area contributed by atoms with Gasteiger partial charge in [-0.1, -0.05) is 43.3 Å². The van der Waals surface area contributed by atoms with Crippen LogP contribution in [0.1, 0.15) is 42.9 Å². The van der Waals surface area contributed by atoms with E-state index in [1.165, 1.54) is 0 Å². The van der Waals surface area contributed by atoms with Crippen molar-refractivity contribution in [2.24, 2.45) is 10.2 Å². The standard InChI is InChI=1S/C28H43ClN6O8P3S.2Na/c1-3-17-42-45(32-14-13-29)43-22-24-10-8-23(9-11-24)20-30-33-27(47)34-31-21-25-6-4-7-26(19-25)41-18-5-15-35(2)16-12-28(36,44-37)46(38,39)40;;/h4,6-11,19-21,32,36,44H,3,5,12-18,22H2,1-2H3,(H2,33,34,47)(H2,38,39,40);;/q-1;2*+1/p-1/b30-20+,31-21+;;. The summed E-state index contributed by atoms with van der Waals surface area (Å²) in [4.78, 5) is 33.2. The van der Waals surface area contributed by atoms with E-state index in [0.29, 0.717) is 51.0 Å². The van der Waals surface area contributed by atoms with Crippen LogP contribution in [0.3, 0.4) is 0 Å². The van der Waals surface area contributed by atoms with Crippen LogP contribution in [-0.2, 0) is 20.2 Å². The average molecular weight is 797 g/mol. The summed E-state index contributed by atoms with van der Waals surface area (Å²) in [6.45, 7) is 4.69. The Morgan fingerprint density at radius 1 is 1.12 bits per heavy atom. The number of hydrogen-bond acceptors (Lipinski definition) is 12. The number of nitrogens with one attached hydrogen (secondary N) is 3. The molecular formula is C28H42ClN6Na2O8P3S. The number of benzene rings is 2. The fourth-order valence-corrected chi connectivity index (χ4v) is 6.10. The third-order valence-corrected chi connectivity index (χ3v) is 10.6. The van der Waals surface area contributed by atoms with Gasteiger partial charge in [0.1, 0.15) is 10.8 Å². The van der Waals surface area contributed by atoms with E-state index in [0.717, 1.165) is 23.1 Å². The van der Waals surface area contributed by atoms with Gasteiger partial charge in [-0.15, -0.1) is 11.6 Å². The van der Waals surface area contributed by atoms with Crippen LogP contribution < -0.4 is 89.6 Å². The van der Waals surface area contributed by atoms with Gasteiger partial charge >= 0.3 is 59.1 Å². The second-order valence-corrected chi connectivity index (χ2v) is 15.4. The predicted molar refractivity (Wildman–Crippen MR) is 189 cm³/mol. The molecule has 5 N–H and O–H groups in total. The van der Waals surface area contributed by atoms with Gasteiger partial charge in [0.25, 0.3) is 8.53 Å². The Kier molecular flexibility index (Phi) is 28.1. The number of halogens is 1. The summed E-state index contributed by atoms with van der Waals surface area (Å²) >= 11 is 11.0. The zero-order valence-corrected chi connectivity index (χ0v) is 36.6. The van der Waals surface area contributed by atoms with Gasteiger partial charge in [0.05, 0.1) is 32.2 Å². The second kappa shape index (κ2) is 27.9.